The van der Waals surface area contributed by atoms with Crippen molar-refractivity contribution >= 4 is 35.0 Å². The molecule has 0 saturated carbocycles. The summed E-state index contributed by atoms with van der Waals surface area (Å²) in [5, 5.41) is 3.73. The molecule has 1 fully saturated rings. The first-order valence-electron chi connectivity index (χ1n) is 9.54. The quantitative estimate of drug-likeness (QED) is 0.640. The standard InChI is InChI=1S/C21H25ClFN3OS/c22-18-5-3-6-19(14-18)26-11-9-25(10-12-26)15-21(27)24-8-13-28-16-17-4-1-2-7-20(17)23/h1-7,14H,8-13,15-16H2,(H,24,27)/p+1. The van der Waals surface area contributed by atoms with Crippen LogP contribution in [0, 0.1) is 5.82 Å². The Hall–Kier alpha value is -1.76. The molecule has 0 radical (unpaired) electrons. The van der Waals surface area contributed by atoms with Crippen molar-refractivity contribution in [3.63, 3.8) is 0 Å². The number of hydrogen-bond donors (Lipinski definition) is 2. The summed E-state index contributed by atoms with van der Waals surface area (Å²) in [5.74, 6) is 1.31. The van der Waals surface area contributed by atoms with Gasteiger partial charge in [0.15, 0.2) is 6.54 Å². The number of benzene rings is 2. The van der Waals surface area contributed by atoms with E-state index in [4.69, 9.17) is 11.6 Å². The molecule has 0 aliphatic carbocycles. The Kier molecular flexibility index (Phi) is 8.01. The van der Waals surface area contributed by atoms with Gasteiger partial charge in [-0.1, -0.05) is 35.9 Å². The molecule has 0 spiro atoms. The highest BCUT2D eigenvalue weighted by Gasteiger charge is 2.22. The highest BCUT2D eigenvalue weighted by Crippen LogP contribution is 2.19. The largest absolute Gasteiger partial charge is 0.360 e. The fourth-order valence-corrected chi connectivity index (χ4v) is 4.31. The predicted octanol–water partition coefficient (Wildman–Crippen LogP) is 2.23. The van der Waals surface area contributed by atoms with Crippen LogP contribution >= 0.6 is 23.4 Å². The van der Waals surface area contributed by atoms with Crippen molar-refractivity contribution in [3.8, 4) is 0 Å². The molecule has 1 amide bonds. The second-order valence-corrected chi connectivity index (χ2v) is 8.43. The minimum atomic E-state index is -0.167. The fourth-order valence-electron chi connectivity index (χ4n) is 3.28. The molecular formula is C21H26ClFN3OS+. The number of anilines is 1. The number of amides is 1. The van der Waals surface area contributed by atoms with Crippen LogP contribution in [0.15, 0.2) is 48.5 Å². The summed E-state index contributed by atoms with van der Waals surface area (Å²) in [7, 11) is 0. The SMILES string of the molecule is O=C(C[NH+]1CCN(c2cccc(Cl)c2)CC1)NCCSCc1ccccc1F. The highest BCUT2D eigenvalue weighted by atomic mass is 35.5. The van der Waals surface area contributed by atoms with Crippen LogP contribution in [0.2, 0.25) is 5.02 Å². The number of thioether (sulfide) groups is 1. The second kappa shape index (κ2) is 10.7. The Morgan fingerprint density at radius 3 is 2.71 bits per heavy atom. The van der Waals surface area contributed by atoms with Gasteiger partial charge in [-0.25, -0.2) is 4.39 Å². The van der Waals surface area contributed by atoms with E-state index >= 15 is 0 Å². The molecule has 4 nitrogen and oxygen atoms in total. The van der Waals surface area contributed by atoms with Gasteiger partial charge in [0.1, 0.15) is 5.82 Å². The molecule has 150 valence electrons. The third-order valence-corrected chi connectivity index (χ3v) is 6.08. The Bertz CT molecular complexity index is 784. The lowest BCUT2D eigenvalue weighted by Gasteiger charge is -2.33. The third kappa shape index (κ3) is 6.40. The molecule has 7 heteroatoms. The minimum absolute atomic E-state index is 0.0812. The van der Waals surface area contributed by atoms with Gasteiger partial charge in [0.25, 0.3) is 5.91 Å². The van der Waals surface area contributed by atoms with Crippen LogP contribution in [0.1, 0.15) is 5.56 Å². The van der Waals surface area contributed by atoms with E-state index < -0.39 is 0 Å². The summed E-state index contributed by atoms with van der Waals surface area (Å²) < 4.78 is 13.5. The maximum Gasteiger partial charge on any atom is 0.275 e. The lowest BCUT2D eigenvalue weighted by atomic mass is 10.2. The van der Waals surface area contributed by atoms with Gasteiger partial charge in [0, 0.05) is 28.8 Å². The van der Waals surface area contributed by atoms with E-state index in [1.54, 1.807) is 23.9 Å². The fraction of sp³-hybridized carbons (Fsp3) is 0.381. The van der Waals surface area contributed by atoms with Crippen molar-refractivity contribution in [1.29, 1.82) is 0 Å². The van der Waals surface area contributed by atoms with Crippen LogP contribution in [0.25, 0.3) is 0 Å². The van der Waals surface area contributed by atoms with Gasteiger partial charge in [-0.15, -0.1) is 0 Å². The Morgan fingerprint density at radius 1 is 1.18 bits per heavy atom. The number of carbonyl (C=O) groups excluding carboxylic acids is 1. The molecule has 1 heterocycles. The molecule has 2 aromatic rings. The number of piperazine rings is 1. The van der Waals surface area contributed by atoms with Crippen LogP contribution in [0.5, 0.6) is 0 Å². The Balaban J connectivity index is 1.30. The lowest BCUT2D eigenvalue weighted by Crippen LogP contribution is -3.16. The average molecular weight is 423 g/mol. The van der Waals surface area contributed by atoms with E-state index in [-0.39, 0.29) is 11.7 Å². The van der Waals surface area contributed by atoms with Gasteiger partial charge >= 0.3 is 0 Å². The predicted molar refractivity (Wildman–Crippen MR) is 115 cm³/mol. The van der Waals surface area contributed by atoms with Crippen LogP contribution in [-0.2, 0) is 10.5 Å². The van der Waals surface area contributed by atoms with Gasteiger partial charge in [-0.05, 0) is 29.8 Å². The van der Waals surface area contributed by atoms with E-state index in [0.29, 0.717) is 24.4 Å². The molecule has 3 rings (SSSR count). The number of quaternary nitrogens is 1. The number of carbonyl (C=O) groups is 1. The average Bonchev–Trinajstić information content (AvgIpc) is 2.69. The zero-order valence-corrected chi connectivity index (χ0v) is 17.4. The minimum Gasteiger partial charge on any atom is -0.360 e. The van der Waals surface area contributed by atoms with E-state index in [2.05, 4.69) is 16.3 Å². The third-order valence-electron chi connectivity index (χ3n) is 4.84. The molecule has 0 aromatic heterocycles. The van der Waals surface area contributed by atoms with Crippen LogP contribution in [0.3, 0.4) is 0 Å². The molecular weight excluding hydrogens is 397 g/mol. The number of nitrogens with one attached hydrogen (secondary N) is 2. The second-order valence-electron chi connectivity index (χ2n) is 6.89. The van der Waals surface area contributed by atoms with Crippen LogP contribution < -0.4 is 15.1 Å². The van der Waals surface area contributed by atoms with Gasteiger partial charge in [-0.3, -0.25) is 4.79 Å². The van der Waals surface area contributed by atoms with Crippen molar-refractivity contribution in [2.45, 2.75) is 5.75 Å². The smallest absolute Gasteiger partial charge is 0.275 e. The molecule has 0 atom stereocenters. The summed E-state index contributed by atoms with van der Waals surface area (Å²) >= 11 is 7.70. The summed E-state index contributed by atoms with van der Waals surface area (Å²) in [6, 6.07) is 14.7. The van der Waals surface area contributed by atoms with Crippen molar-refractivity contribution < 1.29 is 14.1 Å². The van der Waals surface area contributed by atoms with Gasteiger partial charge in [0.05, 0.1) is 26.2 Å². The van der Waals surface area contributed by atoms with E-state index in [1.807, 2.05) is 24.3 Å². The summed E-state index contributed by atoms with van der Waals surface area (Å²) in [6.45, 7) is 4.81. The van der Waals surface area contributed by atoms with Crippen molar-refractivity contribution in [3.05, 3.63) is 64.9 Å². The maximum atomic E-state index is 13.5. The number of rotatable bonds is 8. The molecule has 1 aliphatic heterocycles. The monoisotopic (exact) mass is 422 g/mol. The summed E-state index contributed by atoms with van der Waals surface area (Å²) in [4.78, 5) is 15.8. The first-order chi connectivity index (χ1) is 13.6. The van der Waals surface area contributed by atoms with Crippen LogP contribution in [-0.4, -0.2) is 50.9 Å². The summed E-state index contributed by atoms with van der Waals surface area (Å²) in [5.41, 5.74) is 1.85. The molecule has 2 aromatic carbocycles. The van der Waals surface area contributed by atoms with E-state index in [9.17, 15) is 9.18 Å². The van der Waals surface area contributed by atoms with Gasteiger partial charge < -0.3 is 15.1 Å². The van der Waals surface area contributed by atoms with Gasteiger partial charge in [0.2, 0.25) is 0 Å². The maximum absolute atomic E-state index is 13.5. The number of nitrogens with zero attached hydrogens (tertiary/aromatic N) is 1. The van der Waals surface area contributed by atoms with Crippen molar-refractivity contribution in [2.24, 2.45) is 0 Å². The summed E-state index contributed by atoms with van der Waals surface area (Å²) in [6.07, 6.45) is 0. The molecule has 1 aliphatic rings. The van der Waals surface area contributed by atoms with Crippen molar-refractivity contribution in [2.75, 3.05) is 49.9 Å². The van der Waals surface area contributed by atoms with Gasteiger partial charge in [-0.2, -0.15) is 11.8 Å². The topological polar surface area (TPSA) is 36.8 Å². The zero-order valence-electron chi connectivity index (χ0n) is 15.8. The Morgan fingerprint density at radius 2 is 1.96 bits per heavy atom. The number of halogens is 2. The van der Waals surface area contributed by atoms with Crippen LogP contribution in [0.4, 0.5) is 10.1 Å². The Labute approximate surface area is 175 Å². The molecule has 1 saturated heterocycles. The highest BCUT2D eigenvalue weighted by molar-refractivity contribution is 7.98. The molecule has 0 bridgehead atoms. The van der Waals surface area contributed by atoms with Crippen molar-refractivity contribution in [1.82, 2.24) is 5.32 Å². The normalized spacial score (nSPS) is 14.9. The van der Waals surface area contributed by atoms with E-state index in [0.717, 1.165) is 42.6 Å². The molecule has 28 heavy (non-hydrogen) atoms. The zero-order chi connectivity index (χ0) is 19.8. The number of hydrogen-bond acceptors (Lipinski definition) is 3. The first kappa shape index (κ1) is 21.0. The lowest BCUT2D eigenvalue weighted by molar-refractivity contribution is -0.892. The molecule has 2 N–H and O–H groups in total. The first-order valence-corrected chi connectivity index (χ1v) is 11.1. The molecule has 0 unspecified atom stereocenters. The van der Waals surface area contributed by atoms with E-state index in [1.165, 1.54) is 11.0 Å².